The van der Waals surface area contributed by atoms with Crippen LogP contribution < -0.4 is 15.5 Å². The van der Waals surface area contributed by atoms with Crippen LogP contribution in [-0.4, -0.2) is 57.7 Å². The fraction of sp³-hybridized carbons (Fsp3) is 0.476. The number of aliphatic imine (C=N–C) groups is 1. The van der Waals surface area contributed by atoms with E-state index in [9.17, 15) is 13.2 Å². The van der Waals surface area contributed by atoms with Crippen LogP contribution in [-0.2, 0) is 19.1 Å². The molecule has 172 valence electrons. The lowest BCUT2D eigenvalue weighted by Crippen LogP contribution is -2.45. The van der Waals surface area contributed by atoms with E-state index < -0.39 is 11.7 Å². The van der Waals surface area contributed by atoms with Crippen molar-refractivity contribution >= 4 is 35.6 Å². The molecule has 1 aromatic heterocycles. The number of rotatable bonds is 6. The summed E-state index contributed by atoms with van der Waals surface area (Å²) >= 11 is 0. The van der Waals surface area contributed by atoms with Crippen LogP contribution in [0, 0.1) is 0 Å². The van der Waals surface area contributed by atoms with E-state index in [-0.39, 0.29) is 30.5 Å². The fourth-order valence-corrected chi connectivity index (χ4v) is 3.42. The summed E-state index contributed by atoms with van der Waals surface area (Å²) in [5, 5.41) is 6.30. The highest BCUT2D eigenvalue weighted by Crippen LogP contribution is 2.33. The predicted octanol–water partition coefficient (Wildman–Crippen LogP) is 3.58. The van der Waals surface area contributed by atoms with Crippen molar-refractivity contribution in [2.75, 3.05) is 51.7 Å². The molecule has 0 radical (unpaired) electrons. The van der Waals surface area contributed by atoms with Crippen LogP contribution in [0.15, 0.2) is 46.0 Å². The summed E-state index contributed by atoms with van der Waals surface area (Å²) in [6, 6.07) is 7.70. The summed E-state index contributed by atoms with van der Waals surface area (Å²) in [5.41, 5.74) is 0.788. The molecule has 1 saturated heterocycles. The van der Waals surface area contributed by atoms with Crippen molar-refractivity contribution in [3.05, 3.63) is 53.5 Å². The molecule has 1 aliphatic heterocycles. The molecule has 0 aliphatic carbocycles. The number of benzene rings is 1. The Morgan fingerprint density at radius 1 is 1.13 bits per heavy atom. The lowest BCUT2D eigenvalue weighted by atomic mass is 10.1. The minimum atomic E-state index is -4.38. The van der Waals surface area contributed by atoms with Crippen molar-refractivity contribution in [1.82, 2.24) is 15.5 Å². The van der Waals surface area contributed by atoms with E-state index in [0.717, 1.165) is 43.7 Å². The zero-order valence-electron chi connectivity index (χ0n) is 17.7. The first kappa shape index (κ1) is 25.3. The third-order valence-corrected chi connectivity index (χ3v) is 5.16. The van der Waals surface area contributed by atoms with Crippen molar-refractivity contribution in [2.45, 2.75) is 19.1 Å². The van der Waals surface area contributed by atoms with Crippen LogP contribution in [0.3, 0.4) is 0 Å². The van der Waals surface area contributed by atoms with Gasteiger partial charge in [0.25, 0.3) is 0 Å². The maximum Gasteiger partial charge on any atom is 0.416 e. The van der Waals surface area contributed by atoms with Gasteiger partial charge in [0.15, 0.2) is 5.96 Å². The van der Waals surface area contributed by atoms with Gasteiger partial charge in [0.2, 0.25) is 0 Å². The van der Waals surface area contributed by atoms with Gasteiger partial charge in [-0.05, 0) is 42.9 Å². The van der Waals surface area contributed by atoms with Crippen LogP contribution in [0.5, 0.6) is 0 Å². The van der Waals surface area contributed by atoms with Crippen molar-refractivity contribution in [3.63, 3.8) is 0 Å². The number of nitrogens with one attached hydrogen (secondary N) is 2. The second kappa shape index (κ2) is 11.6. The van der Waals surface area contributed by atoms with E-state index in [1.165, 1.54) is 6.07 Å². The molecule has 0 saturated carbocycles. The van der Waals surface area contributed by atoms with Crippen LogP contribution >= 0.6 is 24.0 Å². The summed E-state index contributed by atoms with van der Waals surface area (Å²) in [6.07, 6.45) is -2.07. The molecular formula is C21H29F3IN5O. The molecule has 1 fully saturated rings. The second-order valence-corrected chi connectivity index (χ2v) is 7.31. The zero-order valence-corrected chi connectivity index (χ0v) is 20.0. The fourth-order valence-electron chi connectivity index (χ4n) is 3.42. The van der Waals surface area contributed by atoms with E-state index in [1.807, 2.05) is 19.2 Å². The quantitative estimate of drug-likeness (QED) is 0.327. The number of nitrogens with zero attached hydrogens (tertiary/aromatic N) is 3. The van der Waals surface area contributed by atoms with Gasteiger partial charge in [0.05, 0.1) is 11.8 Å². The standard InChI is InChI=1S/C21H28F3N5O.HI/c1-25-20(26-8-7-18-4-3-13-30-18)27-15-16-14-17(21(22,23)24)5-6-19(16)29-11-9-28(2)10-12-29;/h3-6,13-14H,7-12,15H2,1-2H3,(H2,25,26,27);1H. The predicted molar refractivity (Wildman–Crippen MR) is 127 cm³/mol. The van der Waals surface area contributed by atoms with Gasteiger partial charge in [0.1, 0.15) is 5.76 Å². The summed E-state index contributed by atoms with van der Waals surface area (Å²) in [7, 11) is 3.68. The minimum Gasteiger partial charge on any atom is -0.469 e. The molecule has 6 nitrogen and oxygen atoms in total. The smallest absolute Gasteiger partial charge is 0.416 e. The number of anilines is 1. The molecule has 1 aliphatic rings. The average molecular weight is 551 g/mol. The molecule has 0 bridgehead atoms. The Labute approximate surface area is 197 Å². The molecule has 2 heterocycles. The third kappa shape index (κ3) is 7.30. The first-order valence-corrected chi connectivity index (χ1v) is 9.97. The molecule has 2 aromatic rings. The van der Waals surface area contributed by atoms with E-state index in [0.29, 0.717) is 24.5 Å². The maximum atomic E-state index is 13.3. The molecule has 0 atom stereocenters. The Hall–Kier alpha value is -1.95. The second-order valence-electron chi connectivity index (χ2n) is 7.31. The third-order valence-electron chi connectivity index (χ3n) is 5.16. The number of halogens is 4. The van der Waals surface area contributed by atoms with Gasteiger partial charge >= 0.3 is 6.18 Å². The highest BCUT2D eigenvalue weighted by atomic mass is 127. The van der Waals surface area contributed by atoms with Crippen molar-refractivity contribution < 1.29 is 17.6 Å². The molecule has 1 aromatic carbocycles. The van der Waals surface area contributed by atoms with Crippen LogP contribution in [0.4, 0.5) is 18.9 Å². The van der Waals surface area contributed by atoms with E-state index in [1.54, 1.807) is 19.4 Å². The van der Waals surface area contributed by atoms with Gasteiger partial charge in [-0.3, -0.25) is 4.99 Å². The molecule has 0 unspecified atom stereocenters. The number of hydrogen-bond donors (Lipinski definition) is 2. The normalized spacial score (nSPS) is 15.5. The first-order chi connectivity index (χ1) is 14.4. The lowest BCUT2D eigenvalue weighted by Gasteiger charge is -2.35. The highest BCUT2D eigenvalue weighted by Gasteiger charge is 2.31. The minimum absolute atomic E-state index is 0. The number of guanidine groups is 1. The van der Waals surface area contributed by atoms with E-state index in [2.05, 4.69) is 25.4 Å². The number of furan rings is 1. The molecule has 0 amide bonds. The van der Waals surface area contributed by atoms with Crippen LogP contribution in [0.2, 0.25) is 0 Å². The summed E-state index contributed by atoms with van der Waals surface area (Å²) in [5.74, 6) is 1.39. The Morgan fingerprint density at radius 2 is 1.87 bits per heavy atom. The summed E-state index contributed by atoms with van der Waals surface area (Å²) in [4.78, 5) is 8.52. The zero-order chi connectivity index (χ0) is 21.6. The number of piperazine rings is 1. The molecule has 0 spiro atoms. The summed E-state index contributed by atoms with van der Waals surface area (Å²) in [6.45, 7) is 4.16. The number of hydrogen-bond acceptors (Lipinski definition) is 4. The van der Waals surface area contributed by atoms with E-state index >= 15 is 0 Å². The molecule has 2 N–H and O–H groups in total. The van der Waals surface area contributed by atoms with Crippen LogP contribution in [0.25, 0.3) is 0 Å². The van der Waals surface area contributed by atoms with Gasteiger partial charge in [-0.1, -0.05) is 0 Å². The van der Waals surface area contributed by atoms with Gasteiger partial charge in [0, 0.05) is 58.4 Å². The van der Waals surface area contributed by atoms with Crippen molar-refractivity contribution in [1.29, 1.82) is 0 Å². The highest BCUT2D eigenvalue weighted by molar-refractivity contribution is 14.0. The first-order valence-electron chi connectivity index (χ1n) is 9.97. The molecule has 3 rings (SSSR count). The molecule has 10 heteroatoms. The number of alkyl halides is 3. The monoisotopic (exact) mass is 551 g/mol. The van der Waals surface area contributed by atoms with Gasteiger partial charge in [-0.25, -0.2) is 0 Å². The Bertz CT molecular complexity index is 834. The molecule has 31 heavy (non-hydrogen) atoms. The largest absolute Gasteiger partial charge is 0.469 e. The van der Waals surface area contributed by atoms with Gasteiger partial charge in [-0.2, -0.15) is 13.2 Å². The maximum absolute atomic E-state index is 13.3. The lowest BCUT2D eigenvalue weighted by molar-refractivity contribution is -0.137. The van der Waals surface area contributed by atoms with Crippen molar-refractivity contribution in [2.24, 2.45) is 4.99 Å². The number of likely N-dealkylation sites (N-methyl/N-ethyl adjacent to an activating group) is 1. The Morgan fingerprint density at radius 3 is 2.48 bits per heavy atom. The van der Waals surface area contributed by atoms with Gasteiger partial charge < -0.3 is 24.9 Å². The average Bonchev–Trinajstić information content (AvgIpc) is 3.24. The topological polar surface area (TPSA) is 56.0 Å². The molecular weight excluding hydrogens is 522 g/mol. The van der Waals surface area contributed by atoms with Gasteiger partial charge in [-0.15, -0.1) is 24.0 Å². The Balaban J connectivity index is 0.00000341. The van der Waals surface area contributed by atoms with Crippen LogP contribution in [0.1, 0.15) is 16.9 Å². The Kier molecular flexibility index (Phi) is 9.48. The van der Waals surface area contributed by atoms with E-state index in [4.69, 9.17) is 4.42 Å². The van der Waals surface area contributed by atoms with Crippen molar-refractivity contribution in [3.8, 4) is 0 Å². The summed E-state index contributed by atoms with van der Waals surface area (Å²) < 4.78 is 45.1. The SMILES string of the molecule is CN=C(NCCc1ccco1)NCc1cc(C(F)(F)F)ccc1N1CCN(C)CC1.I.